The second kappa shape index (κ2) is 6.48. The van der Waals surface area contributed by atoms with Crippen LogP contribution < -0.4 is 15.8 Å². The number of ether oxygens (including phenoxy) is 1. The minimum absolute atomic E-state index is 0.195. The first-order valence-electron chi connectivity index (χ1n) is 6.14. The molecule has 2 amide bonds. The molecule has 1 heterocycles. The molecule has 0 fully saturated rings. The van der Waals surface area contributed by atoms with Crippen LogP contribution in [0.15, 0.2) is 40.8 Å². The lowest BCUT2D eigenvalue weighted by Gasteiger charge is -2.02. The average Bonchev–Trinajstić information content (AvgIpc) is 2.83. The zero-order valence-corrected chi connectivity index (χ0v) is 11.2. The predicted molar refractivity (Wildman–Crippen MR) is 74.2 cm³/mol. The van der Waals surface area contributed by atoms with E-state index in [1.165, 1.54) is 18.2 Å². The fraction of sp³-hybridized carbons (Fsp3) is 0.133. The highest BCUT2D eigenvalue weighted by molar-refractivity contribution is 5.72. The Balaban J connectivity index is 2.02. The minimum Gasteiger partial charge on any atom is -0.426 e. The van der Waals surface area contributed by atoms with E-state index in [9.17, 15) is 9.18 Å². The Hall–Kier alpha value is -2.94. The molecule has 6 heteroatoms. The molecule has 0 aliphatic rings. The number of urea groups is 1. The lowest BCUT2D eigenvalue weighted by atomic mass is 10.3. The minimum atomic E-state index is -0.647. The van der Waals surface area contributed by atoms with Gasteiger partial charge in [0.25, 0.3) is 5.95 Å². The number of hydrogen-bond acceptors (Lipinski definition) is 3. The number of amides is 2. The monoisotopic (exact) mass is 288 g/mol. The van der Waals surface area contributed by atoms with Crippen LogP contribution in [0.4, 0.5) is 9.18 Å². The van der Waals surface area contributed by atoms with Gasteiger partial charge in [-0.15, -0.1) is 0 Å². The summed E-state index contributed by atoms with van der Waals surface area (Å²) in [7, 11) is 0. The number of rotatable bonds is 3. The molecule has 0 bridgehead atoms. The number of furan rings is 1. The second-order valence-corrected chi connectivity index (χ2v) is 4.18. The third-order valence-corrected chi connectivity index (χ3v) is 2.37. The summed E-state index contributed by atoms with van der Waals surface area (Å²) in [6.45, 7) is 1.69. The molecule has 5 nitrogen and oxygen atoms in total. The van der Waals surface area contributed by atoms with Crippen molar-refractivity contribution in [3.63, 3.8) is 0 Å². The van der Waals surface area contributed by atoms with E-state index in [0.29, 0.717) is 11.5 Å². The molecule has 0 saturated heterocycles. The lowest BCUT2D eigenvalue weighted by Crippen LogP contribution is -2.35. The number of carbonyl (C=O) groups is 1. The van der Waals surface area contributed by atoms with Crippen LogP contribution in [0.5, 0.6) is 11.7 Å². The number of hydrogen-bond donors (Lipinski definition) is 2. The molecule has 1 aromatic carbocycles. The molecule has 0 saturated carbocycles. The molecule has 1 atom stereocenters. The lowest BCUT2D eigenvalue weighted by molar-refractivity contribution is 0.248. The molecule has 1 aromatic heterocycles. The van der Waals surface area contributed by atoms with E-state index in [-0.39, 0.29) is 5.95 Å². The summed E-state index contributed by atoms with van der Waals surface area (Å²) in [5.74, 6) is 5.96. The van der Waals surface area contributed by atoms with Gasteiger partial charge in [0.2, 0.25) is 0 Å². The van der Waals surface area contributed by atoms with Crippen LogP contribution in [0.25, 0.3) is 0 Å². The van der Waals surface area contributed by atoms with Crippen molar-refractivity contribution in [2.75, 3.05) is 0 Å². The second-order valence-electron chi connectivity index (χ2n) is 4.18. The Bertz CT molecular complexity index is 700. The normalized spacial score (nSPS) is 11.1. The molecule has 0 aliphatic heterocycles. The standard InChI is InChI=1S/C15H13FN2O3/c1-10(18-15(17)19)5-6-12-7-8-14(20-12)21-13-4-2-3-11(16)9-13/h2-4,7-10H,1H3,(H3,17,18,19). The predicted octanol–water partition coefficient (Wildman–Crippen LogP) is 2.62. The smallest absolute Gasteiger partial charge is 0.313 e. The van der Waals surface area contributed by atoms with Crippen molar-refractivity contribution in [1.29, 1.82) is 0 Å². The van der Waals surface area contributed by atoms with Gasteiger partial charge in [0, 0.05) is 12.1 Å². The summed E-state index contributed by atoms with van der Waals surface area (Å²) in [5.41, 5.74) is 4.97. The number of halogens is 1. The van der Waals surface area contributed by atoms with Crippen molar-refractivity contribution in [3.8, 4) is 23.5 Å². The van der Waals surface area contributed by atoms with Gasteiger partial charge in [0.1, 0.15) is 11.6 Å². The largest absolute Gasteiger partial charge is 0.426 e. The van der Waals surface area contributed by atoms with Crippen LogP contribution in [-0.2, 0) is 0 Å². The SMILES string of the molecule is CC(C#Cc1ccc(Oc2cccc(F)c2)o1)NC(N)=O. The Morgan fingerprint density at radius 2 is 2.24 bits per heavy atom. The molecule has 0 aliphatic carbocycles. The number of primary amides is 1. The van der Waals surface area contributed by atoms with E-state index in [2.05, 4.69) is 17.2 Å². The van der Waals surface area contributed by atoms with Gasteiger partial charge in [-0.3, -0.25) is 0 Å². The molecule has 1 unspecified atom stereocenters. The van der Waals surface area contributed by atoms with E-state index in [4.69, 9.17) is 14.9 Å². The topological polar surface area (TPSA) is 77.5 Å². The van der Waals surface area contributed by atoms with E-state index in [1.54, 1.807) is 25.1 Å². The number of nitrogens with one attached hydrogen (secondary N) is 1. The number of carbonyl (C=O) groups excluding carboxylic acids is 1. The molecule has 108 valence electrons. The highest BCUT2D eigenvalue weighted by atomic mass is 19.1. The van der Waals surface area contributed by atoms with Gasteiger partial charge in [-0.25, -0.2) is 9.18 Å². The number of benzene rings is 1. The first-order valence-corrected chi connectivity index (χ1v) is 6.14. The van der Waals surface area contributed by atoms with Crippen molar-refractivity contribution in [2.24, 2.45) is 5.73 Å². The summed E-state index contributed by atoms with van der Waals surface area (Å²) in [4.78, 5) is 10.6. The summed E-state index contributed by atoms with van der Waals surface area (Å²) in [6.07, 6.45) is 0. The van der Waals surface area contributed by atoms with Crippen molar-refractivity contribution in [3.05, 3.63) is 48.0 Å². The average molecular weight is 288 g/mol. The van der Waals surface area contributed by atoms with Gasteiger partial charge in [-0.05, 0) is 31.0 Å². The Morgan fingerprint density at radius 3 is 2.95 bits per heavy atom. The molecular formula is C15H13FN2O3. The first-order chi connectivity index (χ1) is 10.0. The molecular weight excluding hydrogens is 275 g/mol. The van der Waals surface area contributed by atoms with Crippen molar-refractivity contribution >= 4 is 6.03 Å². The molecule has 2 rings (SSSR count). The molecule has 21 heavy (non-hydrogen) atoms. The van der Waals surface area contributed by atoms with Crippen molar-refractivity contribution < 1.29 is 18.3 Å². The van der Waals surface area contributed by atoms with E-state index in [1.807, 2.05) is 0 Å². The van der Waals surface area contributed by atoms with Crippen LogP contribution in [-0.4, -0.2) is 12.1 Å². The molecule has 3 N–H and O–H groups in total. The maximum atomic E-state index is 13.0. The fourth-order valence-corrected chi connectivity index (χ4v) is 1.52. The van der Waals surface area contributed by atoms with Crippen LogP contribution in [0, 0.1) is 17.7 Å². The summed E-state index contributed by atoms with van der Waals surface area (Å²) in [6, 6.07) is 7.83. The third kappa shape index (κ3) is 4.58. The van der Waals surface area contributed by atoms with Crippen molar-refractivity contribution in [2.45, 2.75) is 13.0 Å². The Kier molecular flexibility index (Phi) is 4.46. The zero-order chi connectivity index (χ0) is 15.2. The zero-order valence-electron chi connectivity index (χ0n) is 11.2. The van der Waals surface area contributed by atoms with Gasteiger partial charge in [0.15, 0.2) is 5.76 Å². The van der Waals surface area contributed by atoms with E-state index in [0.717, 1.165) is 0 Å². The van der Waals surface area contributed by atoms with Gasteiger partial charge in [-0.2, -0.15) is 0 Å². The van der Waals surface area contributed by atoms with Crippen LogP contribution in [0.1, 0.15) is 12.7 Å². The molecule has 0 spiro atoms. The van der Waals surface area contributed by atoms with E-state index >= 15 is 0 Å². The van der Waals surface area contributed by atoms with Gasteiger partial charge < -0.3 is 20.2 Å². The maximum absolute atomic E-state index is 13.0. The van der Waals surface area contributed by atoms with Crippen LogP contribution in [0.3, 0.4) is 0 Å². The van der Waals surface area contributed by atoms with Gasteiger partial charge >= 0.3 is 6.03 Å². The Labute approximate surface area is 120 Å². The van der Waals surface area contributed by atoms with Crippen molar-refractivity contribution in [1.82, 2.24) is 5.32 Å². The van der Waals surface area contributed by atoms with Crippen LogP contribution in [0.2, 0.25) is 0 Å². The fourth-order valence-electron chi connectivity index (χ4n) is 1.52. The first kappa shape index (κ1) is 14.5. The van der Waals surface area contributed by atoms with Crippen LogP contribution >= 0.6 is 0 Å². The number of nitrogens with two attached hydrogens (primary N) is 1. The molecule has 0 radical (unpaired) electrons. The highest BCUT2D eigenvalue weighted by Crippen LogP contribution is 2.23. The Morgan fingerprint density at radius 1 is 1.43 bits per heavy atom. The summed E-state index contributed by atoms with van der Waals surface area (Å²) in [5, 5.41) is 2.42. The summed E-state index contributed by atoms with van der Waals surface area (Å²) >= 11 is 0. The maximum Gasteiger partial charge on any atom is 0.313 e. The molecule has 2 aromatic rings. The van der Waals surface area contributed by atoms with E-state index < -0.39 is 17.9 Å². The van der Waals surface area contributed by atoms with Gasteiger partial charge in [-0.1, -0.05) is 12.0 Å². The quantitative estimate of drug-likeness (QED) is 0.852. The van der Waals surface area contributed by atoms with Gasteiger partial charge in [0.05, 0.1) is 6.04 Å². The third-order valence-electron chi connectivity index (χ3n) is 2.37. The highest BCUT2D eigenvalue weighted by Gasteiger charge is 2.04. The summed E-state index contributed by atoms with van der Waals surface area (Å²) < 4.78 is 23.7.